The van der Waals surface area contributed by atoms with E-state index in [0.29, 0.717) is 0 Å². The number of benzene rings is 1. The third-order valence-corrected chi connectivity index (χ3v) is 2.14. The summed E-state index contributed by atoms with van der Waals surface area (Å²) in [6.07, 6.45) is 0. The van der Waals surface area contributed by atoms with Gasteiger partial charge in [-0.1, -0.05) is 20.8 Å². The van der Waals surface area contributed by atoms with Gasteiger partial charge < -0.3 is 15.3 Å². The van der Waals surface area contributed by atoms with E-state index < -0.39 is 11.4 Å². The smallest absolute Gasteiger partial charge is 0.336 e. The lowest BCUT2D eigenvalue weighted by Gasteiger charge is -2.22. The molecule has 4 nitrogen and oxygen atoms in total. The summed E-state index contributed by atoms with van der Waals surface area (Å²) in [5.74, 6) is -1.78. The SMILES string of the molecule is CC(C)(C)c1c(C(=O)O)ccc(O)c1O. The Kier molecular flexibility index (Phi) is 2.62. The maximum atomic E-state index is 10.9. The molecule has 0 amide bonds. The second-order valence-corrected chi connectivity index (χ2v) is 4.41. The fourth-order valence-electron chi connectivity index (χ4n) is 1.52. The summed E-state index contributed by atoms with van der Waals surface area (Å²) in [5, 5.41) is 27.9. The molecule has 0 aliphatic carbocycles. The first-order valence-electron chi connectivity index (χ1n) is 4.54. The molecule has 15 heavy (non-hydrogen) atoms. The molecule has 0 unspecified atom stereocenters. The number of rotatable bonds is 1. The van der Waals surface area contributed by atoms with E-state index >= 15 is 0 Å². The van der Waals surface area contributed by atoms with Gasteiger partial charge in [-0.15, -0.1) is 0 Å². The van der Waals surface area contributed by atoms with Gasteiger partial charge in [-0.2, -0.15) is 0 Å². The first-order chi connectivity index (χ1) is 6.75. The van der Waals surface area contributed by atoms with Gasteiger partial charge in [0.1, 0.15) is 0 Å². The van der Waals surface area contributed by atoms with Crippen molar-refractivity contribution in [3.63, 3.8) is 0 Å². The van der Waals surface area contributed by atoms with Gasteiger partial charge in [0.25, 0.3) is 0 Å². The fraction of sp³-hybridized carbons (Fsp3) is 0.364. The Morgan fingerprint density at radius 2 is 1.73 bits per heavy atom. The lowest BCUT2D eigenvalue weighted by Crippen LogP contribution is -2.17. The van der Waals surface area contributed by atoms with Crippen molar-refractivity contribution in [3.8, 4) is 11.5 Å². The summed E-state index contributed by atoms with van der Waals surface area (Å²) in [6.45, 7) is 5.32. The molecule has 1 aromatic rings. The number of carboxylic acids is 1. The van der Waals surface area contributed by atoms with Crippen LogP contribution in [0.25, 0.3) is 0 Å². The van der Waals surface area contributed by atoms with Crippen LogP contribution in [0.2, 0.25) is 0 Å². The number of aromatic hydroxyl groups is 2. The van der Waals surface area contributed by atoms with Crippen LogP contribution < -0.4 is 0 Å². The maximum Gasteiger partial charge on any atom is 0.336 e. The molecule has 0 radical (unpaired) electrons. The highest BCUT2D eigenvalue weighted by Crippen LogP contribution is 2.39. The Bertz CT molecular complexity index is 402. The largest absolute Gasteiger partial charge is 0.504 e. The Morgan fingerprint density at radius 3 is 2.13 bits per heavy atom. The van der Waals surface area contributed by atoms with Crippen molar-refractivity contribution in [3.05, 3.63) is 23.3 Å². The number of phenols is 2. The molecule has 1 rings (SSSR count). The molecule has 0 atom stereocenters. The fourth-order valence-corrected chi connectivity index (χ4v) is 1.52. The van der Waals surface area contributed by atoms with Gasteiger partial charge >= 0.3 is 5.97 Å². The average Bonchev–Trinajstić information content (AvgIpc) is 2.06. The highest BCUT2D eigenvalue weighted by Gasteiger charge is 2.26. The quantitative estimate of drug-likeness (QED) is 0.620. The van der Waals surface area contributed by atoms with E-state index in [1.54, 1.807) is 20.8 Å². The molecule has 0 bridgehead atoms. The molecule has 0 aliphatic rings. The Hall–Kier alpha value is -1.71. The van der Waals surface area contributed by atoms with Crippen molar-refractivity contribution in [1.29, 1.82) is 0 Å². The van der Waals surface area contributed by atoms with Gasteiger partial charge in [-0.05, 0) is 17.5 Å². The van der Waals surface area contributed by atoms with Gasteiger partial charge in [-0.3, -0.25) is 0 Å². The van der Waals surface area contributed by atoms with Gasteiger partial charge in [0.15, 0.2) is 11.5 Å². The van der Waals surface area contributed by atoms with Crippen molar-refractivity contribution in [2.45, 2.75) is 26.2 Å². The molecular weight excluding hydrogens is 196 g/mol. The third-order valence-electron chi connectivity index (χ3n) is 2.14. The molecule has 0 heterocycles. The normalized spacial score (nSPS) is 11.4. The molecule has 0 saturated heterocycles. The molecule has 0 saturated carbocycles. The van der Waals surface area contributed by atoms with Crippen LogP contribution in [-0.4, -0.2) is 21.3 Å². The minimum Gasteiger partial charge on any atom is -0.504 e. The van der Waals surface area contributed by atoms with Crippen molar-refractivity contribution in [2.24, 2.45) is 0 Å². The zero-order valence-corrected chi connectivity index (χ0v) is 8.90. The van der Waals surface area contributed by atoms with Gasteiger partial charge in [-0.25, -0.2) is 4.79 Å². The number of hydrogen-bond acceptors (Lipinski definition) is 3. The third kappa shape index (κ3) is 2.03. The number of phenolic OH excluding ortho intramolecular Hbond substituents is 2. The number of hydrogen-bond donors (Lipinski definition) is 3. The topological polar surface area (TPSA) is 77.8 Å². The predicted molar refractivity (Wildman–Crippen MR) is 55.4 cm³/mol. The van der Waals surface area contributed by atoms with Crippen molar-refractivity contribution >= 4 is 5.97 Å². The highest BCUT2D eigenvalue weighted by molar-refractivity contribution is 5.91. The van der Waals surface area contributed by atoms with E-state index in [-0.39, 0.29) is 22.6 Å². The van der Waals surface area contributed by atoms with Crippen molar-refractivity contribution in [1.82, 2.24) is 0 Å². The predicted octanol–water partition coefficient (Wildman–Crippen LogP) is 2.09. The zero-order chi connectivity index (χ0) is 11.8. The lowest BCUT2D eigenvalue weighted by atomic mass is 9.83. The Labute approximate surface area is 87.8 Å². The van der Waals surface area contributed by atoms with Crippen LogP contribution >= 0.6 is 0 Å². The number of aromatic carboxylic acids is 1. The second-order valence-electron chi connectivity index (χ2n) is 4.41. The van der Waals surface area contributed by atoms with Gasteiger partial charge in [0, 0.05) is 5.56 Å². The molecule has 0 spiro atoms. The lowest BCUT2D eigenvalue weighted by molar-refractivity contribution is 0.0693. The summed E-state index contributed by atoms with van der Waals surface area (Å²) in [6, 6.07) is 2.46. The van der Waals surface area contributed by atoms with Gasteiger partial charge in [0.2, 0.25) is 0 Å². The van der Waals surface area contributed by atoms with Crippen molar-refractivity contribution in [2.75, 3.05) is 0 Å². The van der Waals surface area contributed by atoms with E-state index in [1.165, 1.54) is 12.1 Å². The average molecular weight is 210 g/mol. The van der Waals surface area contributed by atoms with Crippen LogP contribution in [0.3, 0.4) is 0 Å². The van der Waals surface area contributed by atoms with Crippen LogP contribution in [0.4, 0.5) is 0 Å². The number of carboxylic acid groups (broad SMARTS) is 1. The Balaban J connectivity index is 3.57. The summed E-state index contributed by atoms with van der Waals surface area (Å²) in [4.78, 5) is 10.9. The summed E-state index contributed by atoms with van der Waals surface area (Å²) in [5.41, 5.74) is -0.288. The molecule has 0 aliphatic heterocycles. The van der Waals surface area contributed by atoms with Gasteiger partial charge in [0.05, 0.1) is 5.56 Å². The van der Waals surface area contributed by atoms with E-state index in [9.17, 15) is 15.0 Å². The summed E-state index contributed by atoms with van der Waals surface area (Å²) >= 11 is 0. The van der Waals surface area contributed by atoms with Crippen LogP contribution in [-0.2, 0) is 5.41 Å². The molecule has 82 valence electrons. The molecule has 0 fully saturated rings. The van der Waals surface area contributed by atoms with E-state index in [1.807, 2.05) is 0 Å². The van der Waals surface area contributed by atoms with Crippen LogP contribution in [0.15, 0.2) is 12.1 Å². The van der Waals surface area contributed by atoms with E-state index in [2.05, 4.69) is 0 Å². The van der Waals surface area contributed by atoms with Crippen LogP contribution in [0.5, 0.6) is 11.5 Å². The first kappa shape index (κ1) is 11.4. The van der Waals surface area contributed by atoms with Crippen LogP contribution in [0, 0.1) is 0 Å². The minimum absolute atomic E-state index is 0.0119. The number of carbonyl (C=O) groups is 1. The summed E-state index contributed by atoms with van der Waals surface area (Å²) in [7, 11) is 0. The first-order valence-corrected chi connectivity index (χ1v) is 4.54. The van der Waals surface area contributed by atoms with Crippen LogP contribution in [0.1, 0.15) is 36.7 Å². The standard InChI is InChI=1S/C11H14O4/c1-11(2,3)8-6(10(14)15)4-5-7(12)9(8)13/h4-5,12-13H,1-3H3,(H,14,15). The highest BCUT2D eigenvalue weighted by atomic mass is 16.4. The van der Waals surface area contributed by atoms with E-state index in [4.69, 9.17) is 5.11 Å². The monoisotopic (exact) mass is 210 g/mol. The minimum atomic E-state index is -1.12. The van der Waals surface area contributed by atoms with E-state index in [0.717, 1.165) is 0 Å². The Morgan fingerprint density at radius 1 is 1.20 bits per heavy atom. The second kappa shape index (κ2) is 3.46. The molecule has 0 aromatic heterocycles. The molecule has 3 N–H and O–H groups in total. The molecule has 4 heteroatoms. The summed E-state index contributed by atoms with van der Waals surface area (Å²) < 4.78 is 0. The maximum absolute atomic E-state index is 10.9. The molecule has 1 aromatic carbocycles. The zero-order valence-electron chi connectivity index (χ0n) is 8.90. The van der Waals surface area contributed by atoms with Crippen molar-refractivity contribution < 1.29 is 20.1 Å². The molecular formula is C11H14O4.